The number of hydrogen-bond donors (Lipinski definition) is 1. The number of imidazole rings is 1. The molecule has 0 aliphatic heterocycles. The van der Waals surface area contributed by atoms with Crippen molar-refractivity contribution in [1.82, 2.24) is 9.38 Å². The predicted octanol–water partition coefficient (Wildman–Crippen LogP) is 2.07. The summed E-state index contributed by atoms with van der Waals surface area (Å²) in [5.74, 6) is 0. The Bertz CT molecular complexity index is 492. The number of carbonyl (C=O) groups excluding carboxylic acids is 1. The third-order valence-corrected chi connectivity index (χ3v) is 4.14. The van der Waals surface area contributed by atoms with Gasteiger partial charge in [-0.05, 0) is 6.42 Å². The van der Waals surface area contributed by atoms with Gasteiger partial charge in [0.2, 0.25) is 0 Å². The van der Waals surface area contributed by atoms with E-state index < -0.39 is 0 Å². The SMILES string of the molecule is CC(CCO)Sc1nc2sccn2c1C=O. The van der Waals surface area contributed by atoms with Crippen LogP contribution in [0.2, 0.25) is 0 Å². The molecule has 1 atom stereocenters. The number of aliphatic hydroxyl groups is 1. The van der Waals surface area contributed by atoms with Crippen molar-refractivity contribution in [1.29, 1.82) is 0 Å². The minimum absolute atomic E-state index is 0.160. The van der Waals surface area contributed by atoms with E-state index in [-0.39, 0.29) is 11.9 Å². The molecule has 2 heterocycles. The van der Waals surface area contributed by atoms with Gasteiger partial charge in [0.15, 0.2) is 11.2 Å². The van der Waals surface area contributed by atoms with Crippen molar-refractivity contribution in [3.8, 4) is 0 Å². The zero-order valence-corrected chi connectivity index (χ0v) is 10.4. The normalized spacial score (nSPS) is 13.1. The monoisotopic (exact) mass is 256 g/mol. The fourth-order valence-electron chi connectivity index (χ4n) is 1.41. The van der Waals surface area contributed by atoms with Gasteiger partial charge < -0.3 is 5.11 Å². The molecule has 0 saturated carbocycles. The molecule has 4 nitrogen and oxygen atoms in total. The van der Waals surface area contributed by atoms with Crippen molar-refractivity contribution in [2.75, 3.05) is 6.61 Å². The summed E-state index contributed by atoms with van der Waals surface area (Å²) < 4.78 is 1.80. The number of fused-ring (bicyclic) bond motifs is 1. The molecule has 2 aromatic rings. The van der Waals surface area contributed by atoms with Crippen LogP contribution in [0.15, 0.2) is 16.6 Å². The third kappa shape index (κ3) is 2.14. The molecular formula is C10H12N2O2S2. The molecule has 1 unspecified atom stereocenters. The van der Waals surface area contributed by atoms with E-state index in [0.717, 1.165) is 16.3 Å². The first-order chi connectivity index (χ1) is 7.76. The Balaban J connectivity index is 2.29. The molecule has 2 aromatic heterocycles. The Morgan fingerprint density at radius 3 is 3.25 bits per heavy atom. The molecule has 6 heteroatoms. The molecule has 16 heavy (non-hydrogen) atoms. The smallest absolute Gasteiger partial charge is 0.195 e. The average molecular weight is 256 g/mol. The van der Waals surface area contributed by atoms with Crippen molar-refractivity contribution in [3.63, 3.8) is 0 Å². The lowest BCUT2D eigenvalue weighted by atomic mass is 10.3. The van der Waals surface area contributed by atoms with Crippen molar-refractivity contribution in [2.45, 2.75) is 23.6 Å². The molecule has 0 aromatic carbocycles. The molecule has 0 amide bonds. The van der Waals surface area contributed by atoms with E-state index in [9.17, 15) is 4.79 Å². The second kappa shape index (κ2) is 4.99. The zero-order chi connectivity index (χ0) is 11.5. The van der Waals surface area contributed by atoms with E-state index in [2.05, 4.69) is 4.98 Å². The van der Waals surface area contributed by atoms with E-state index in [4.69, 9.17) is 5.11 Å². The van der Waals surface area contributed by atoms with Crippen molar-refractivity contribution >= 4 is 34.3 Å². The molecule has 0 spiro atoms. The van der Waals surface area contributed by atoms with Crippen LogP contribution in [0.3, 0.4) is 0 Å². The largest absolute Gasteiger partial charge is 0.396 e. The summed E-state index contributed by atoms with van der Waals surface area (Å²) in [7, 11) is 0. The van der Waals surface area contributed by atoms with Gasteiger partial charge in [-0.3, -0.25) is 9.20 Å². The number of thioether (sulfide) groups is 1. The first-order valence-electron chi connectivity index (χ1n) is 4.94. The highest BCUT2D eigenvalue weighted by Crippen LogP contribution is 2.29. The first kappa shape index (κ1) is 11.6. The van der Waals surface area contributed by atoms with E-state index in [1.54, 1.807) is 4.40 Å². The lowest BCUT2D eigenvalue weighted by Gasteiger charge is -2.06. The van der Waals surface area contributed by atoms with Crippen LogP contribution in [0.4, 0.5) is 0 Å². The Morgan fingerprint density at radius 2 is 2.56 bits per heavy atom. The quantitative estimate of drug-likeness (QED) is 0.657. The maximum atomic E-state index is 11.0. The van der Waals surface area contributed by atoms with E-state index >= 15 is 0 Å². The minimum atomic E-state index is 0.160. The fourth-order valence-corrected chi connectivity index (χ4v) is 3.20. The number of aromatic nitrogens is 2. The highest BCUT2D eigenvalue weighted by atomic mass is 32.2. The summed E-state index contributed by atoms with van der Waals surface area (Å²) >= 11 is 3.04. The Labute approximate surface area is 101 Å². The van der Waals surface area contributed by atoms with E-state index in [0.29, 0.717) is 12.1 Å². The summed E-state index contributed by atoms with van der Waals surface area (Å²) in [6.45, 7) is 2.18. The van der Waals surface area contributed by atoms with E-state index in [1.165, 1.54) is 23.1 Å². The van der Waals surface area contributed by atoms with Gasteiger partial charge in [-0.2, -0.15) is 0 Å². The average Bonchev–Trinajstić information content (AvgIpc) is 2.77. The van der Waals surface area contributed by atoms with Gasteiger partial charge in [-0.25, -0.2) is 4.98 Å². The summed E-state index contributed by atoms with van der Waals surface area (Å²) in [6, 6.07) is 0. The van der Waals surface area contributed by atoms with Crippen LogP contribution in [0, 0.1) is 0 Å². The number of aldehydes is 1. The molecule has 0 aliphatic carbocycles. The second-order valence-electron chi connectivity index (χ2n) is 3.42. The Morgan fingerprint density at radius 1 is 1.75 bits per heavy atom. The van der Waals surface area contributed by atoms with Crippen molar-refractivity contribution in [2.24, 2.45) is 0 Å². The van der Waals surface area contributed by atoms with Crippen LogP contribution >= 0.6 is 23.1 Å². The van der Waals surface area contributed by atoms with Crippen LogP contribution in [0.5, 0.6) is 0 Å². The summed E-state index contributed by atoms with van der Waals surface area (Å²) in [6.07, 6.45) is 3.38. The molecule has 1 N–H and O–H groups in total. The van der Waals surface area contributed by atoms with Gasteiger partial charge in [0.25, 0.3) is 0 Å². The number of rotatable bonds is 5. The third-order valence-electron chi connectivity index (χ3n) is 2.23. The second-order valence-corrected chi connectivity index (χ2v) is 5.72. The van der Waals surface area contributed by atoms with Crippen molar-refractivity contribution in [3.05, 3.63) is 17.3 Å². The van der Waals surface area contributed by atoms with Gasteiger partial charge in [0, 0.05) is 23.4 Å². The van der Waals surface area contributed by atoms with Gasteiger partial charge >= 0.3 is 0 Å². The number of thiazole rings is 1. The van der Waals surface area contributed by atoms with Crippen LogP contribution in [-0.2, 0) is 0 Å². The number of carbonyl (C=O) groups is 1. The lowest BCUT2D eigenvalue weighted by Crippen LogP contribution is -2.00. The lowest BCUT2D eigenvalue weighted by molar-refractivity contribution is 0.111. The highest BCUT2D eigenvalue weighted by molar-refractivity contribution is 7.99. The molecule has 0 bridgehead atoms. The van der Waals surface area contributed by atoms with Crippen LogP contribution in [0.25, 0.3) is 4.96 Å². The fraction of sp³-hybridized carbons (Fsp3) is 0.400. The first-order valence-corrected chi connectivity index (χ1v) is 6.70. The Hall–Kier alpha value is -0.850. The molecule has 0 saturated heterocycles. The molecule has 0 aliphatic rings. The number of hydrogen-bond acceptors (Lipinski definition) is 5. The predicted molar refractivity (Wildman–Crippen MR) is 65.5 cm³/mol. The van der Waals surface area contributed by atoms with Crippen LogP contribution < -0.4 is 0 Å². The number of nitrogens with zero attached hydrogens (tertiary/aromatic N) is 2. The molecule has 0 radical (unpaired) electrons. The molecular weight excluding hydrogens is 244 g/mol. The summed E-state index contributed by atoms with van der Waals surface area (Å²) in [4.78, 5) is 16.3. The van der Waals surface area contributed by atoms with Gasteiger partial charge in [0.1, 0.15) is 10.7 Å². The molecule has 86 valence electrons. The summed E-state index contributed by atoms with van der Waals surface area (Å²) in [5.41, 5.74) is 0.603. The standard InChI is InChI=1S/C10H12N2O2S2/c1-7(2-4-13)16-9-8(6-14)12-3-5-15-10(12)11-9/h3,5-7,13H,2,4H2,1H3. The number of aliphatic hydroxyl groups excluding tert-OH is 1. The van der Waals surface area contributed by atoms with Crippen LogP contribution in [-0.4, -0.2) is 32.6 Å². The van der Waals surface area contributed by atoms with Crippen molar-refractivity contribution < 1.29 is 9.90 Å². The maximum Gasteiger partial charge on any atom is 0.195 e. The van der Waals surface area contributed by atoms with Gasteiger partial charge in [0.05, 0.1) is 0 Å². The van der Waals surface area contributed by atoms with Gasteiger partial charge in [-0.1, -0.05) is 6.92 Å². The topological polar surface area (TPSA) is 54.6 Å². The maximum absolute atomic E-state index is 11.0. The van der Waals surface area contributed by atoms with E-state index in [1.807, 2.05) is 18.5 Å². The molecule has 2 rings (SSSR count). The highest BCUT2D eigenvalue weighted by Gasteiger charge is 2.15. The zero-order valence-electron chi connectivity index (χ0n) is 8.79. The Kier molecular flexibility index (Phi) is 3.63. The minimum Gasteiger partial charge on any atom is -0.396 e. The summed E-state index contributed by atoms with van der Waals surface area (Å²) in [5, 5.41) is 11.7. The van der Waals surface area contributed by atoms with Gasteiger partial charge in [-0.15, -0.1) is 23.1 Å². The van der Waals surface area contributed by atoms with Crippen LogP contribution in [0.1, 0.15) is 23.8 Å². The molecule has 0 fully saturated rings.